The molecule has 2 rings (SSSR count). The van der Waals surface area contributed by atoms with E-state index in [1.54, 1.807) is 0 Å². The van der Waals surface area contributed by atoms with E-state index in [2.05, 4.69) is 0 Å². The molecule has 26 heavy (non-hydrogen) atoms. The highest BCUT2D eigenvalue weighted by Gasteiger charge is 1.92. The van der Waals surface area contributed by atoms with E-state index in [0.717, 1.165) is 32.2 Å². The highest BCUT2D eigenvalue weighted by molar-refractivity contribution is 5.48. The number of benzene rings is 2. The minimum Gasteiger partial charge on any atom is -0.396 e. The number of rotatable bonds is 12. The number of hydrogen-bond acceptors (Lipinski definition) is 4. The summed E-state index contributed by atoms with van der Waals surface area (Å²) in [7, 11) is 0. The van der Waals surface area contributed by atoms with E-state index >= 15 is 0 Å². The summed E-state index contributed by atoms with van der Waals surface area (Å²) in [5.41, 5.74) is 2.38. The van der Waals surface area contributed by atoms with E-state index in [1.165, 1.54) is 11.1 Å². The largest absolute Gasteiger partial charge is 0.396 e. The number of aliphatic hydroxyl groups is 1. The van der Waals surface area contributed by atoms with E-state index in [9.17, 15) is 4.79 Å². The van der Waals surface area contributed by atoms with Crippen LogP contribution in [-0.4, -0.2) is 31.2 Å². The van der Waals surface area contributed by atoms with Crippen molar-refractivity contribution in [1.82, 2.24) is 0 Å². The van der Waals surface area contributed by atoms with Crippen LogP contribution in [-0.2, 0) is 27.5 Å². The Morgan fingerprint density at radius 1 is 0.731 bits per heavy atom. The molecule has 1 N–H and O–H groups in total. The van der Waals surface area contributed by atoms with Crippen molar-refractivity contribution >= 4 is 6.29 Å². The van der Waals surface area contributed by atoms with Crippen LogP contribution in [0.5, 0.6) is 0 Å². The first-order valence-corrected chi connectivity index (χ1v) is 9.14. The third-order valence-corrected chi connectivity index (χ3v) is 3.53. The summed E-state index contributed by atoms with van der Waals surface area (Å²) in [6, 6.07) is 20.1. The average Bonchev–Trinajstić information content (AvgIpc) is 2.70. The van der Waals surface area contributed by atoms with Gasteiger partial charge in [0, 0.05) is 26.2 Å². The lowest BCUT2D eigenvalue weighted by atomic mass is 10.2. The molecular formula is C22H30O4. The molecule has 0 saturated carbocycles. The third kappa shape index (κ3) is 12.4. The van der Waals surface area contributed by atoms with Crippen molar-refractivity contribution in [2.24, 2.45) is 0 Å². The van der Waals surface area contributed by atoms with Crippen LogP contribution in [0.3, 0.4) is 0 Å². The highest BCUT2D eigenvalue weighted by Crippen LogP contribution is 2.02. The summed E-state index contributed by atoms with van der Waals surface area (Å²) in [6.07, 6.45) is 4.09. The maximum atomic E-state index is 9.98. The molecule has 0 bridgehead atoms. The van der Waals surface area contributed by atoms with Gasteiger partial charge in [-0.2, -0.15) is 0 Å². The van der Waals surface area contributed by atoms with Gasteiger partial charge in [-0.05, 0) is 30.4 Å². The van der Waals surface area contributed by atoms with Crippen molar-refractivity contribution in [2.75, 3.05) is 19.8 Å². The summed E-state index contributed by atoms with van der Waals surface area (Å²) in [5.74, 6) is 0. The molecule has 4 heteroatoms. The Labute approximate surface area is 156 Å². The van der Waals surface area contributed by atoms with E-state index in [0.29, 0.717) is 26.2 Å². The smallest absolute Gasteiger partial charge is 0.120 e. The van der Waals surface area contributed by atoms with Crippen molar-refractivity contribution in [3.8, 4) is 0 Å². The maximum Gasteiger partial charge on any atom is 0.120 e. The van der Waals surface area contributed by atoms with Crippen molar-refractivity contribution in [3.63, 3.8) is 0 Å². The molecule has 0 spiro atoms. The first-order valence-electron chi connectivity index (χ1n) is 9.14. The van der Waals surface area contributed by atoms with Crippen LogP contribution in [0.15, 0.2) is 60.7 Å². The van der Waals surface area contributed by atoms with E-state index in [4.69, 9.17) is 14.6 Å². The molecule has 0 aliphatic rings. The summed E-state index contributed by atoms with van der Waals surface area (Å²) in [5, 5.41) is 8.53. The number of aldehydes is 1. The molecule has 0 fully saturated rings. The van der Waals surface area contributed by atoms with Gasteiger partial charge in [0.25, 0.3) is 0 Å². The molecule has 0 unspecified atom stereocenters. The Kier molecular flexibility index (Phi) is 13.9. The van der Waals surface area contributed by atoms with Gasteiger partial charge >= 0.3 is 0 Å². The SMILES string of the molecule is O=CCCCOCc1ccccc1.OCCCCOCc1ccccc1. The van der Waals surface area contributed by atoms with Gasteiger partial charge in [0.1, 0.15) is 6.29 Å². The van der Waals surface area contributed by atoms with Crippen molar-refractivity contribution in [1.29, 1.82) is 0 Å². The number of hydrogen-bond donors (Lipinski definition) is 1. The molecule has 0 aromatic heterocycles. The van der Waals surface area contributed by atoms with Crippen molar-refractivity contribution < 1.29 is 19.4 Å². The minimum absolute atomic E-state index is 0.259. The fourth-order valence-electron chi connectivity index (χ4n) is 2.11. The predicted molar refractivity (Wildman–Crippen MR) is 104 cm³/mol. The molecule has 0 atom stereocenters. The first-order chi connectivity index (χ1) is 12.9. The van der Waals surface area contributed by atoms with Crippen LogP contribution >= 0.6 is 0 Å². The van der Waals surface area contributed by atoms with Gasteiger partial charge in [0.2, 0.25) is 0 Å². The van der Waals surface area contributed by atoms with Gasteiger partial charge in [-0.15, -0.1) is 0 Å². The number of carbonyl (C=O) groups is 1. The van der Waals surface area contributed by atoms with Crippen LogP contribution in [0.25, 0.3) is 0 Å². The quantitative estimate of drug-likeness (QED) is 0.457. The second-order valence-electron chi connectivity index (χ2n) is 5.82. The fraction of sp³-hybridized carbons (Fsp3) is 0.409. The number of carbonyl (C=O) groups excluding carboxylic acids is 1. The van der Waals surface area contributed by atoms with E-state index < -0.39 is 0 Å². The molecule has 0 heterocycles. The number of aliphatic hydroxyl groups excluding tert-OH is 1. The van der Waals surface area contributed by atoms with Crippen LogP contribution in [0.1, 0.15) is 36.8 Å². The van der Waals surface area contributed by atoms with E-state index in [-0.39, 0.29) is 6.61 Å². The Bertz CT molecular complexity index is 543. The summed E-state index contributed by atoms with van der Waals surface area (Å²) < 4.78 is 10.8. The lowest BCUT2D eigenvalue weighted by molar-refractivity contribution is -0.108. The van der Waals surface area contributed by atoms with Crippen LogP contribution < -0.4 is 0 Å². The van der Waals surface area contributed by atoms with Gasteiger partial charge < -0.3 is 19.4 Å². The zero-order valence-corrected chi connectivity index (χ0v) is 15.4. The lowest BCUT2D eigenvalue weighted by Crippen LogP contribution is -1.96. The molecule has 0 aliphatic carbocycles. The molecule has 0 aliphatic heterocycles. The minimum atomic E-state index is 0.259. The average molecular weight is 358 g/mol. The number of ether oxygens (including phenoxy) is 2. The molecule has 142 valence electrons. The Balaban J connectivity index is 0.000000260. The van der Waals surface area contributed by atoms with Gasteiger partial charge in [-0.3, -0.25) is 0 Å². The first kappa shape index (κ1) is 22.0. The normalized spacial score (nSPS) is 10.0. The summed E-state index contributed by atoms with van der Waals surface area (Å²) in [6.45, 7) is 2.96. The third-order valence-electron chi connectivity index (χ3n) is 3.53. The Morgan fingerprint density at radius 2 is 1.23 bits per heavy atom. The van der Waals surface area contributed by atoms with E-state index in [1.807, 2.05) is 60.7 Å². The Morgan fingerprint density at radius 3 is 1.69 bits per heavy atom. The highest BCUT2D eigenvalue weighted by atomic mass is 16.5. The molecule has 0 saturated heterocycles. The van der Waals surface area contributed by atoms with Gasteiger partial charge in [0.05, 0.1) is 13.2 Å². The van der Waals surface area contributed by atoms with Crippen molar-refractivity contribution in [3.05, 3.63) is 71.8 Å². The van der Waals surface area contributed by atoms with Crippen LogP contribution in [0.4, 0.5) is 0 Å². The predicted octanol–water partition coefficient (Wildman–Crippen LogP) is 4.16. The molecule has 0 amide bonds. The van der Waals surface area contributed by atoms with Gasteiger partial charge in [-0.1, -0.05) is 60.7 Å². The summed E-state index contributed by atoms with van der Waals surface area (Å²) in [4.78, 5) is 9.98. The molecule has 2 aromatic rings. The molecule has 2 aromatic carbocycles. The molecular weight excluding hydrogens is 328 g/mol. The fourth-order valence-corrected chi connectivity index (χ4v) is 2.11. The molecule has 4 nitrogen and oxygen atoms in total. The van der Waals surface area contributed by atoms with Crippen LogP contribution in [0, 0.1) is 0 Å². The van der Waals surface area contributed by atoms with Crippen LogP contribution in [0.2, 0.25) is 0 Å². The second-order valence-corrected chi connectivity index (χ2v) is 5.82. The van der Waals surface area contributed by atoms with Gasteiger partial charge in [0.15, 0.2) is 0 Å². The summed E-state index contributed by atoms with van der Waals surface area (Å²) >= 11 is 0. The second kappa shape index (κ2) is 16.5. The number of unbranched alkanes of at least 4 members (excludes halogenated alkanes) is 2. The van der Waals surface area contributed by atoms with Gasteiger partial charge in [-0.25, -0.2) is 0 Å². The monoisotopic (exact) mass is 358 g/mol. The lowest BCUT2D eigenvalue weighted by Gasteiger charge is -2.02. The standard InChI is InChI=1S/C11H16O2.C11H14O2/c2*12-8-4-5-9-13-10-11-6-2-1-3-7-11/h1-3,6-7,12H,4-5,8-10H2;1-3,6-8H,4-5,9-10H2. The zero-order valence-electron chi connectivity index (χ0n) is 15.4. The molecule has 0 radical (unpaired) electrons. The van der Waals surface area contributed by atoms with Crippen molar-refractivity contribution in [2.45, 2.75) is 38.9 Å². The topological polar surface area (TPSA) is 55.8 Å². The Hall–Kier alpha value is -2.01. The maximum absolute atomic E-state index is 9.98. The zero-order chi connectivity index (χ0) is 18.7.